The quantitative estimate of drug-likeness (QED) is 0.450. The second-order valence-electron chi connectivity index (χ2n) is 9.12. The molecular weight excluding hydrogens is 545 g/mol. The SMILES string of the molecule is O=C(COCC1CCCN1S(=O)(=O)c1c(Cl)cc(Cl)cc1Cl)NCc1ccc(N2CCCCC2)cc1. The van der Waals surface area contributed by atoms with Crippen molar-refractivity contribution in [3.63, 3.8) is 0 Å². The van der Waals surface area contributed by atoms with Gasteiger partial charge in [0.25, 0.3) is 0 Å². The summed E-state index contributed by atoms with van der Waals surface area (Å²) in [5.41, 5.74) is 2.22. The normalized spacial score (nSPS) is 19.0. The zero-order valence-electron chi connectivity index (χ0n) is 19.9. The van der Waals surface area contributed by atoms with Crippen molar-refractivity contribution in [1.29, 1.82) is 0 Å². The molecule has 0 radical (unpaired) electrons. The molecule has 1 unspecified atom stereocenters. The van der Waals surface area contributed by atoms with Crippen LogP contribution in [-0.4, -0.2) is 57.5 Å². The third kappa shape index (κ3) is 6.65. The van der Waals surface area contributed by atoms with E-state index in [1.54, 1.807) is 0 Å². The van der Waals surface area contributed by atoms with Gasteiger partial charge in [0.05, 0.1) is 16.7 Å². The molecule has 1 amide bonds. The first-order valence-electron chi connectivity index (χ1n) is 12.1. The van der Waals surface area contributed by atoms with E-state index in [4.69, 9.17) is 39.5 Å². The molecule has 4 rings (SSSR count). The lowest BCUT2D eigenvalue weighted by Crippen LogP contribution is -2.39. The van der Waals surface area contributed by atoms with Crippen molar-refractivity contribution in [3.8, 4) is 0 Å². The lowest BCUT2D eigenvalue weighted by molar-refractivity contribution is -0.126. The van der Waals surface area contributed by atoms with Crippen molar-refractivity contribution < 1.29 is 17.9 Å². The molecule has 0 aromatic heterocycles. The van der Waals surface area contributed by atoms with Crippen molar-refractivity contribution in [2.45, 2.75) is 49.6 Å². The minimum absolute atomic E-state index is 0.0255. The van der Waals surface area contributed by atoms with E-state index >= 15 is 0 Å². The standard InChI is InChI=1S/C25H30Cl3N3O4S/c26-19-13-22(27)25(23(28)14-19)36(33,34)31-12-4-5-21(31)16-35-17-24(32)29-15-18-6-8-20(9-7-18)30-10-2-1-3-11-30/h6-9,13-14,21H,1-5,10-12,15-17H2,(H,29,32). The number of nitrogens with zero attached hydrogens (tertiary/aromatic N) is 2. The summed E-state index contributed by atoms with van der Waals surface area (Å²) in [6, 6.07) is 10.5. The predicted octanol–water partition coefficient (Wildman–Crippen LogP) is 5.12. The molecule has 0 saturated carbocycles. The number of anilines is 1. The number of amides is 1. The molecule has 2 aliphatic heterocycles. The molecule has 2 saturated heterocycles. The Balaban J connectivity index is 1.26. The number of hydrogen-bond donors (Lipinski definition) is 1. The minimum atomic E-state index is -3.95. The molecular formula is C25H30Cl3N3O4S. The Kier molecular flexibility index (Phi) is 9.41. The van der Waals surface area contributed by atoms with Crippen LogP contribution in [0.5, 0.6) is 0 Å². The minimum Gasteiger partial charge on any atom is -0.372 e. The summed E-state index contributed by atoms with van der Waals surface area (Å²) in [5.74, 6) is -0.258. The van der Waals surface area contributed by atoms with Gasteiger partial charge in [-0.1, -0.05) is 46.9 Å². The van der Waals surface area contributed by atoms with Crippen LogP contribution in [-0.2, 0) is 26.1 Å². The van der Waals surface area contributed by atoms with Gasteiger partial charge in [0, 0.05) is 42.9 Å². The Morgan fingerprint density at radius 1 is 0.972 bits per heavy atom. The first kappa shape index (κ1) is 27.5. The number of benzene rings is 2. The smallest absolute Gasteiger partial charge is 0.246 e. The first-order chi connectivity index (χ1) is 17.3. The van der Waals surface area contributed by atoms with Crippen LogP contribution in [0.1, 0.15) is 37.7 Å². The largest absolute Gasteiger partial charge is 0.372 e. The Bertz CT molecular complexity index is 1150. The number of carbonyl (C=O) groups is 1. The molecule has 2 fully saturated rings. The third-order valence-corrected chi connectivity index (χ3v) is 9.64. The fourth-order valence-corrected chi connectivity index (χ4v) is 7.88. The molecule has 196 valence electrons. The Hall–Kier alpha value is -1.55. The van der Waals surface area contributed by atoms with Crippen LogP contribution in [0, 0.1) is 0 Å². The van der Waals surface area contributed by atoms with Crippen LogP contribution in [0.2, 0.25) is 15.1 Å². The highest BCUT2D eigenvalue weighted by atomic mass is 35.5. The Labute approximate surface area is 227 Å². The zero-order valence-corrected chi connectivity index (χ0v) is 23.0. The molecule has 36 heavy (non-hydrogen) atoms. The van der Waals surface area contributed by atoms with E-state index in [0.717, 1.165) is 18.7 Å². The summed E-state index contributed by atoms with van der Waals surface area (Å²) in [7, 11) is -3.95. The molecule has 0 bridgehead atoms. The van der Waals surface area contributed by atoms with Crippen molar-refractivity contribution in [2.75, 3.05) is 37.7 Å². The van der Waals surface area contributed by atoms with Gasteiger partial charge < -0.3 is 15.0 Å². The van der Waals surface area contributed by atoms with Crippen molar-refractivity contribution in [3.05, 3.63) is 57.0 Å². The number of ether oxygens (including phenoxy) is 1. The van der Waals surface area contributed by atoms with E-state index in [9.17, 15) is 13.2 Å². The number of halogens is 3. The van der Waals surface area contributed by atoms with E-state index in [-0.39, 0.29) is 39.1 Å². The second-order valence-corrected chi connectivity index (χ2v) is 12.2. The maximum Gasteiger partial charge on any atom is 0.246 e. The first-order valence-corrected chi connectivity index (χ1v) is 14.7. The molecule has 0 spiro atoms. The van der Waals surface area contributed by atoms with Gasteiger partial charge in [0.2, 0.25) is 15.9 Å². The molecule has 1 N–H and O–H groups in total. The average molecular weight is 575 g/mol. The summed E-state index contributed by atoms with van der Waals surface area (Å²) >= 11 is 18.3. The highest BCUT2D eigenvalue weighted by Gasteiger charge is 2.38. The van der Waals surface area contributed by atoms with E-state index in [1.165, 1.54) is 41.4 Å². The van der Waals surface area contributed by atoms with Gasteiger partial charge in [-0.2, -0.15) is 4.31 Å². The Morgan fingerprint density at radius 2 is 1.64 bits per heavy atom. The van der Waals surface area contributed by atoms with Gasteiger partial charge in [-0.15, -0.1) is 0 Å². The monoisotopic (exact) mass is 573 g/mol. The van der Waals surface area contributed by atoms with Crippen LogP contribution in [0.3, 0.4) is 0 Å². The maximum atomic E-state index is 13.3. The van der Waals surface area contributed by atoms with Gasteiger partial charge >= 0.3 is 0 Å². The van der Waals surface area contributed by atoms with E-state index < -0.39 is 16.1 Å². The topological polar surface area (TPSA) is 78.9 Å². The zero-order chi connectivity index (χ0) is 25.7. The van der Waals surface area contributed by atoms with Crippen LogP contribution in [0.4, 0.5) is 5.69 Å². The van der Waals surface area contributed by atoms with E-state index in [2.05, 4.69) is 22.3 Å². The molecule has 2 aliphatic rings. The summed E-state index contributed by atoms with van der Waals surface area (Å²) < 4.78 is 33.4. The number of carbonyl (C=O) groups excluding carboxylic acids is 1. The lowest BCUT2D eigenvalue weighted by atomic mass is 10.1. The van der Waals surface area contributed by atoms with E-state index in [0.29, 0.717) is 25.9 Å². The molecule has 0 aliphatic carbocycles. The third-order valence-electron chi connectivity index (χ3n) is 6.54. The summed E-state index contributed by atoms with van der Waals surface area (Å²) in [6.45, 7) is 2.85. The van der Waals surface area contributed by atoms with Crippen LogP contribution < -0.4 is 10.2 Å². The van der Waals surface area contributed by atoms with Crippen LogP contribution in [0.15, 0.2) is 41.3 Å². The Morgan fingerprint density at radius 3 is 2.31 bits per heavy atom. The fraction of sp³-hybridized carbons (Fsp3) is 0.480. The number of nitrogens with one attached hydrogen (secondary N) is 1. The van der Waals surface area contributed by atoms with Gasteiger partial charge in [-0.3, -0.25) is 4.79 Å². The van der Waals surface area contributed by atoms with Gasteiger partial charge in [0.1, 0.15) is 11.5 Å². The van der Waals surface area contributed by atoms with Crippen molar-refractivity contribution >= 4 is 56.4 Å². The highest BCUT2D eigenvalue weighted by molar-refractivity contribution is 7.89. The van der Waals surface area contributed by atoms with Gasteiger partial charge in [0.15, 0.2) is 0 Å². The number of hydrogen-bond acceptors (Lipinski definition) is 5. The molecule has 2 aromatic rings. The fourth-order valence-electron chi connectivity index (χ4n) is 4.70. The maximum absolute atomic E-state index is 13.3. The number of rotatable bonds is 9. The average Bonchev–Trinajstić information content (AvgIpc) is 3.32. The second kappa shape index (κ2) is 12.3. The molecule has 11 heteroatoms. The van der Waals surface area contributed by atoms with Gasteiger partial charge in [-0.05, 0) is 61.9 Å². The number of sulfonamides is 1. The molecule has 2 heterocycles. The van der Waals surface area contributed by atoms with Crippen LogP contribution in [0.25, 0.3) is 0 Å². The predicted molar refractivity (Wildman–Crippen MR) is 144 cm³/mol. The van der Waals surface area contributed by atoms with E-state index in [1.807, 2.05) is 12.1 Å². The van der Waals surface area contributed by atoms with Crippen LogP contribution >= 0.6 is 34.8 Å². The summed E-state index contributed by atoms with van der Waals surface area (Å²) in [5, 5.41) is 3.06. The number of piperidine rings is 1. The lowest BCUT2D eigenvalue weighted by Gasteiger charge is -2.28. The summed E-state index contributed by atoms with van der Waals surface area (Å²) in [6.07, 6.45) is 5.04. The summed E-state index contributed by atoms with van der Waals surface area (Å²) in [4.78, 5) is 14.5. The van der Waals surface area contributed by atoms with Gasteiger partial charge in [-0.25, -0.2) is 8.42 Å². The molecule has 2 aromatic carbocycles. The van der Waals surface area contributed by atoms with Crippen molar-refractivity contribution in [2.24, 2.45) is 0 Å². The molecule has 1 atom stereocenters. The molecule has 7 nitrogen and oxygen atoms in total. The van der Waals surface area contributed by atoms with Crippen molar-refractivity contribution in [1.82, 2.24) is 9.62 Å². The highest BCUT2D eigenvalue weighted by Crippen LogP contribution is 2.37.